The van der Waals surface area contributed by atoms with Gasteiger partial charge in [0.25, 0.3) is 0 Å². The summed E-state index contributed by atoms with van der Waals surface area (Å²) < 4.78 is 10.1. The lowest BCUT2D eigenvalue weighted by Gasteiger charge is -2.35. The lowest BCUT2D eigenvalue weighted by atomic mass is 10.0. The number of hydrogen-bond donors (Lipinski definition) is 0. The van der Waals surface area contributed by atoms with E-state index >= 15 is 0 Å². The Labute approximate surface area is 112 Å². The van der Waals surface area contributed by atoms with Crippen LogP contribution in [0.2, 0.25) is 0 Å². The molecule has 1 aromatic rings. The number of hydrogen-bond acceptors (Lipinski definition) is 4. The lowest BCUT2D eigenvalue weighted by molar-refractivity contribution is -0.164. The highest BCUT2D eigenvalue weighted by atomic mass is 16.6. The molecule has 2 rings (SSSR count). The van der Waals surface area contributed by atoms with Crippen LogP contribution < -0.4 is 0 Å². The molecule has 1 aliphatic rings. The van der Waals surface area contributed by atoms with E-state index in [0.29, 0.717) is 0 Å². The van der Waals surface area contributed by atoms with Gasteiger partial charge in [-0.05, 0) is 19.4 Å². The van der Waals surface area contributed by atoms with Crippen molar-refractivity contribution in [1.82, 2.24) is 4.90 Å². The molecule has 0 unspecified atom stereocenters. The van der Waals surface area contributed by atoms with E-state index in [1.807, 2.05) is 37.3 Å². The second kappa shape index (κ2) is 5.73. The molecule has 1 saturated heterocycles. The smallest absolute Gasteiger partial charge is 0.413 e. The second-order valence-corrected chi connectivity index (χ2v) is 4.63. The largest absolute Gasteiger partial charge is 0.444 e. The van der Waals surface area contributed by atoms with Crippen molar-refractivity contribution in [3.05, 3.63) is 35.9 Å². The Morgan fingerprint density at radius 1 is 1.37 bits per heavy atom. The average molecular weight is 263 g/mol. The molecule has 1 amide bonds. The van der Waals surface area contributed by atoms with E-state index in [-0.39, 0.29) is 31.3 Å². The molecule has 1 aromatic carbocycles. The van der Waals surface area contributed by atoms with Crippen LogP contribution in [0, 0.1) is 5.92 Å². The molecule has 0 N–H and O–H groups in total. The Bertz CT molecular complexity index is 460. The molecule has 0 radical (unpaired) electrons. The third-order valence-electron chi connectivity index (χ3n) is 3.37. The van der Waals surface area contributed by atoms with Crippen molar-refractivity contribution in [1.29, 1.82) is 0 Å². The quantitative estimate of drug-likeness (QED) is 0.767. The number of cyclic esters (lactones) is 1. The predicted molar refractivity (Wildman–Crippen MR) is 68.1 cm³/mol. The molecule has 0 bridgehead atoms. The molecule has 102 valence electrons. The summed E-state index contributed by atoms with van der Waals surface area (Å²) in [5, 5.41) is 0. The van der Waals surface area contributed by atoms with Crippen LogP contribution in [0.1, 0.15) is 19.4 Å². The van der Waals surface area contributed by atoms with Crippen LogP contribution >= 0.6 is 0 Å². The zero-order chi connectivity index (χ0) is 13.8. The van der Waals surface area contributed by atoms with E-state index in [9.17, 15) is 9.59 Å². The van der Waals surface area contributed by atoms with Crippen molar-refractivity contribution in [3.63, 3.8) is 0 Å². The van der Waals surface area contributed by atoms with E-state index in [4.69, 9.17) is 9.47 Å². The first kappa shape index (κ1) is 13.4. The van der Waals surface area contributed by atoms with Crippen molar-refractivity contribution >= 4 is 12.1 Å². The fourth-order valence-corrected chi connectivity index (χ4v) is 1.87. The summed E-state index contributed by atoms with van der Waals surface area (Å²) in [4.78, 5) is 24.7. The summed E-state index contributed by atoms with van der Waals surface area (Å²) in [6.07, 6.45) is -0.462. The number of nitrogens with zero attached hydrogens (tertiary/aromatic N) is 1. The summed E-state index contributed by atoms with van der Waals surface area (Å²) in [6, 6.07) is 9.22. The Kier molecular flexibility index (Phi) is 4.04. The van der Waals surface area contributed by atoms with Crippen LogP contribution in [0.3, 0.4) is 0 Å². The van der Waals surface area contributed by atoms with Crippen molar-refractivity contribution < 1.29 is 19.1 Å². The van der Waals surface area contributed by atoms with Gasteiger partial charge in [-0.25, -0.2) is 4.79 Å². The molecule has 5 heteroatoms. The Morgan fingerprint density at radius 3 is 2.74 bits per heavy atom. The first-order chi connectivity index (χ1) is 9.09. The van der Waals surface area contributed by atoms with E-state index in [2.05, 4.69) is 0 Å². The highest BCUT2D eigenvalue weighted by Crippen LogP contribution is 2.19. The van der Waals surface area contributed by atoms with Gasteiger partial charge < -0.3 is 9.47 Å². The van der Waals surface area contributed by atoms with Gasteiger partial charge in [0.05, 0.1) is 5.92 Å². The van der Waals surface area contributed by atoms with Crippen LogP contribution in [0.5, 0.6) is 0 Å². The Balaban J connectivity index is 1.91. The number of carbonyl (C=O) groups excluding carboxylic acids is 2. The van der Waals surface area contributed by atoms with E-state index in [0.717, 1.165) is 5.56 Å². The predicted octanol–water partition coefficient (Wildman–Crippen LogP) is 2.16. The summed E-state index contributed by atoms with van der Waals surface area (Å²) in [7, 11) is 0. The second-order valence-electron chi connectivity index (χ2n) is 4.63. The van der Waals surface area contributed by atoms with Gasteiger partial charge >= 0.3 is 12.1 Å². The maximum absolute atomic E-state index is 11.9. The van der Waals surface area contributed by atoms with Crippen molar-refractivity contribution in [3.8, 4) is 0 Å². The van der Waals surface area contributed by atoms with Crippen LogP contribution in [0.4, 0.5) is 4.79 Å². The van der Waals surface area contributed by atoms with Crippen LogP contribution in [-0.4, -0.2) is 29.7 Å². The number of carbonyl (C=O) groups is 2. The summed E-state index contributed by atoms with van der Waals surface area (Å²) >= 11 is 0. The number of esters is 1. The zero-order valence-electron chi connectivity index (χ0n) is 11.0. The van der Waals surface area contributed by atoms with Crippen LogP contribution in [0.25, 0.3) is 0 Å². The fourth-order valence-electron chi connectivity index (χ4n) is 1.87. The molecule has 0 spiro atoms. The van der Waals surface area contributed by atoms with Crippen molar-refractivity contribution in [2.45, 2.75) is 26.5 Å². The standard InChI is InChI=1S/C14H17NO4/c1-10-11(2)15(9-19-13(10)16)14(17)18-8-12-6-4-3-5-7-12/h3-7,10-11H,8-9H2,1-2H3/t10-,11-/m1/s1. The summed E-state index contributed by atoms with van der Waals surface area (Å²) in [5.74, 6) is -0.613. The summed E-state index contributed by atoms with van der Waals surface area (Å²) in [5.41, 5.74) is 0.922. The van der Waals surface area contributed by atoms with Gasteiger partial charge in [0.15, 0.2) is 6.73 Å². The Hall–Kier alpha value is -2.04. The minimum atomic E-state index is -0.462. The monoisotopic (exact) mass is 263 g/mol. The highest BCUT2D eigenvalue weighted by molar-refractivity contribution is 5.76. The maximum atomic E-state index is 11.9. The average Bonchev–Trinajstić information content (AvgIpc) is 2.43. The molecule has 19 heavy (non-hydrogen) atoms. The number of benzene rings is 1. The molecule has 0 saturated carbocycles. The fraction of sp³-hybridized carbons (Fsp3) is 0.429. The molecule has 5 nitrogen and oxygen atoms in total. The van der Waals surface area contributed by atoms with Gasteiger partial charge in [0.1, 0.15) is 6.61 Å². The van der Waals surface area contributed by atoms with Gasteiger partial charge in [0.2, 0.25) is 0 Å². The maximum Gasteiger partial charge on any atom is 0.413 e. The normalized spacial score (nSPS) is 22.8. The van der Waals surface area contributed by atoms with E-state index < -0.39 is 6.09 Å². The van der Waals surface area contributed by atoms with Gasteiger partial charge in [-0.15, -0.1) is 0 Å². The molecular weight excluding hydrogens is 246 g/mol. The van der Waals surface area contributed by atoms with E-state index in [1.54, 1.807) is 6.92 Å². The molecular formula is C14H17NO4. The van der Waals surface area contributed by atoms with Crippen molar-refractivity contribution in [2.24, 2.45) is 5.92 Å². The van der Waals surface area contributed by atoms with Crippen LogP contribution in [0.15, 0.2) is 30.3 Å². The minimum Gasteiger partial charge on any atom is -0.444 e. The molecule has 1 aliphatic heterocycles. The summed E-state index contributed by atoms with van der Waals surface area (Å²) in [6.45, 7) is 3.72. The van der Waals surface area contributed by atoms with Crippen molar-refractivity contribution in [2.75, 3.05) is 6.73 Å². The number of amides is 1. The SMILES string of the molecule is C[C@@H]1[C@@H](C)C(=O)OCN1C(=O)OCc1ccccc1. The third kappa shape index (κ3) is 3.05. The molecule has 1 fully saturated rings. The number of ether oxygens (including phenoxy) is 2. The zero-order valence-corrected chi connectivity index (χ0v) is 11.0. The van der Waals surface area contributed by atoms with Gasteiger partial charge in [-0.2, -0.15) is 0 Å². The number of rotatable bonds is 2. The molecule has 0 aromatic heterocycles. The Morgan fingerprint density at radius 2 is 2.05 bits per heavy atom. The van der Waals surface area contributed by atoms with Gasteiger partial charge in [-0.1, -0.05) is 30.3 Å². The van der Waals surface area contributed by atoms with E-state index in [1.165, 1.54) is 4.90 Å². The molecule has 0 aliphatic carbocycles. The molecule has 2 atom stereocenters. The first-order valence-corrected chi connectivity index (χ1v) is 6.23. The van der Waals surface area contributed by atoms with Crippen LogP contribution in [-0.2, 0) is 20.9 Å². The van der Waals surface area contributed by atoms with Gasteiger partial charge in [-0.3, -0.25) is 9.69 Å². The van der Waals surface area contributed by atoms with Gasteiger partial charge in [0, 0.05) is 6.04 Å². The minimum absolute atomic E-state index is 0.0437. The first-order valence-electron chi connectivity index (χ1n) is 6.23. The third-order valence-corrected chi connectivity index (χ3v) is 3.37. The molecule has 1 heterocycles. The highest BCUT2D eigenvalue weighted by Gasteiger charge is 2.36. The topological polar surface area (TPSA) is 55.8 Å². The lowest BCUT2D eigenvalue weighted by Crippen LogP contribution is -2.51.